The molecule has 1 N–H and O–H groups in total. The Kier molecular flexibility index (Phi) is 8.13. The van der Waals surface area contributed by atoms with Gasteiger partial charge < -0.3 is 5.11 Å². The van der Waals surface area contributed by atoms with Crippen molar-refractivity contribution in [3.05, 3.63) is 194 Å². The second-order valence-corrected chi connectivity index (χ2v) is 19.1. The second kappa shape index (κ2) is 12.4. The van der Waals surface area contributed by atoms with Crippen LogP contribution in [0.4, 0.5) is 0 Å². The van der Waals surface area contributed by atoms with Gasteiger partial charge in [0.15, 0.2) is 16.1 Å². The van der Waals surface area contributed by atoms with Crippen LogP contribution in [0.5, 0.6) is 0 Å². The second-order valence-electron chi connectivity index (χ2n) is 10.6. The summed E-state index contributed by atoms with van der Waals surface area (Å²) in [6, 6.07) is 66.3. The molecule has 0 bridgehead atoms. The summed E-state index contributed by atoms with van der Waals surface area (Å²) >= 11 is 0. The smallest absolute Gasteiger partial charge is 0.153 e. The average molecular weight is 575 g/mol. The molecule has 6 aromatic carbocycles. The zero-order valence-electron chi connectivity index (χ0n) is 23.5. The lowest BCUT2D eigenvalue weighted by molar-refractivity contribution is 0.472. The molecule has 0 aromatic heterocycles. The van der Waals surface area contributed by atoms with E-state index in [2.05, 4.69) is 188 Å². The molecule has 3 heteroatoms. The van der Waals surface area contributed by atoms with E-state index in [9.17, 15) is 5.11 Å². The van der Waals surface area contributed by atoms with E-state index in [1.54, 1.807) is 0 Å². The minimum atomic E-state index is -2.94. The third-order valence-corrected chi connectivity index (χ3v) is 20.9. The molecule has 0 spiro atoms. The highest BCUT2D eigenvalue weighted by Crippen LogP contribution is 2.34. The monoisotopic (exact) mass is 574 g/mol. The normalized spacial score (nSPS) is 12.0. The predicted octanol–water partition coefficient (Wildman–Crippen LogP) is 5.31. The Balaban J connectivity index is 1.87. The molecule has 0 amide bonds. The Hall–Kier alpha value is -4.71. The Labute approximate surface area is 251 Å². The van der Waals surface area contributed by atoms with Gasteiger partial charge >= 0.3 is 0 Å². The van der Waals surface area contributed by atoms with Gasteiger partial charge in [-0.1, -0.05) is 188 Å². The summed E-state index contributed by atoms with van der Waals surface area (Å²) in [5.41, 5.74) is 0. The lowest BCUT2D eigenvalue weighted by atomic mass is 10.3. The van der Waals surface area contributed by atoms with Crippen molar-refractivity contribution in [2.24, 2.45) is 0 Å². The van der Waals surface area contributed by atoms with Crippen molar-refractivity contribution in [2.75, 3.05) is 0 Å². The lowest BCUT2D eigenvalue weighted by Crippen LogP contribution is -2.81. The maximum atomic E-state index is 10.9. The van der Waals surface area contributed by atoms with Crippen LogP contribution in [-0.4, -0.2) is 21.3 Å². The molecule has 1 nitrogen and oxygen atoms in total. The molecule has 0 saturated heterocycles. The van der Waals surface area contributed by atoms with E-state index < -0.39 is 16.1 Å². The van der Waals surface area contributed by atoms with Crippen LogP contribution in [0.3, 0.4) is 0 Å². The first-order valence-corrected chi connectivity index (χ1v) is 18.6. The molecular weight excluding hydrogens is 541 g/mol. The lowest BCUT2D eigenvalue weighted by Gasteiger charge is -2.49. The number of aliphatic hydroxyl groups excluding tert-OH is 1. The van der Waals surface area contributed by atoms with Crippen LogP contribution in [0.1, 0.15) is 0 Å². The number of hydrogen-bond donors (Lipinski definition) is 1. The summed E-state index contributed by atoms with van der Waals surface area (Å²) in [6.45, 7) is 0. The molecule has 0 atom stereocenters. The van der Waals surface area contributed by atoms with Gasteiger partial charge in [0.2, 0.25) is 0 Å². The Morgan fingerprint density at radius 2 is 0.524 bits per heavy atom. The standard InChI is InChI=1S/C39H34OSi2/c40-32-31-39(41(33-19-7-1-8-20-33,34-21-9-2-10-22-34)35-23-11-3-12-24-35)42(36-25-13-4-14-26-36,37-27-15-5-16-28-37)38-29-17-6-18-30-38/h1-32,39-40H/b32-31-. The molecule has 6 aromatic rings. The highest BCUT2D eigenvalue weighted by Gasteiger charge is 2.58. The molecule has 204 valence electrons. The van der Waals surface area contributed by atoms with Crippen LogP contribution in [0.15, 0.2) is 194 Å². The summed E-state index contributed by atoms with van der Waals surface area (Å²) < 4.78 is 0. The van der Waals surface area contributed by atoms with E-state index in [0.717, 1.165) is 0 Å². The quantitative estimate of drug-likeness (QED) is 0.141. The number of aliphatic hydroxyl groups is 1. The van der Waals surface area contributed by atoms with Crippen molar-refractivity contribution in [1.29, 1.82) is 0 Å². The van der Waals surface area contributed by atoms with Gasteiger partial charge in [-0.2, -0.15) is 0 Å². The van der Waals surface area contributed by atoms with Crippen molar-refractivity contribution in [2.45, 2.75) is 5.16 Å². The van der Waals surface area contributed by atoms with E-state index in [0.29, 0.717) is 0 Å². The van der Waals surface area contributed by atoms with Crippen LogP contribution in [0, 0.1) is 0 Å². The van der Waals surface area contributed by atoms with Gasteiger partial charge in [0.05, 0.1) is 6.26 Å². The third kappa shape index (κ3) is 4.67. The molecule has 0 aliphatic carbocycles. The largest absolute Gasteiger partial charge is 0.516 e. The summed E-state index contributed by atoms with van der Waals surface area (Å²) in [5.74, 6) is 0. The van der Waals surface area contributed by atoms with Gasteiger partial charge in [0.1, 0.15) is 0 Å². The number of rotatable bonds is 9. The first-order chi connectivity index (χ1) is 20.8. The fourth-order valence-corrected chi connectivity index (χ4v) is 21.8. The van der Waals surface area contributed by atoms with Gasteiger partial charge in [0.25, 0.3) is 0 Å². The van der Waals surface area contributed by atoms with Gasteiger partial charge in [-0.15, -0.1) is 0 Å². The molecule has 0 aliphatic heterocycles. The molecule has 6 rings (SSSR count). The summed E-state index contributed by atoms with van der Waals surface area (Å²) in [7, 11) is -5.89. The Bertz CT molecular complexity index is 1390. The average Bonchev–Trinajstić information content (AvgIpc) is 3.08. The maximum absolute atomic E-state index is 10.9. The van der Waals surface area contributed by atoms with E-state index in [-0.39, 0.29) is 5.16 Å². The molecule has 0 heterocycles. The maximum Gasteiger partial charge on any atom is 0.153 e. The van der Waals surface area contributed by atoms with Crippen LogP contribution in [0.2, 0.25) is 5.16 Å². The number of allylic oxidation sites excluding steroid dienone is 1. The van der Waals surface area contributed by atoms with Gasteiger partial charge in [-0.3, -0.25) is 0 Å². The van der Waals surface area contributed by atoms with Gasteiger partial charge in [-0.05, 0) is 36.3 Å². The minimum absolute atomic E-state index is 0.0330. The Morgan fingerprint density at radius 1 is 0.333 bits per heavy atom. The van der Waals surface area contributed by atoms with E-state index >= 15 is 0 Å². The minimum Gasteiger partial charge on any atom is -0.516 e. The van der Waals surface area contributed by atoms with E-state index in [1.807, 2.05) is 0 Å². The van der Waals surface area contributed by atoms with E-state index in [1.165, 1.54) is 37.4 Å². The van der Waals surface area contributed by atoms with Crippen molar-refractivity contribution >= 4 is 47.3 Å². The molecule has 0 aliphatic rings. The molecule has 0 radical (unpaired) electrons. The third-order valence-electron chi connectivity index (χ3n) is 8.59. The summed E-state index contributed by atoms with van der Waals surface area (Å²) in [6.07, 6.45) is 3.45. The van der Waals surface area contributed by atoms with Gasteiger partial charge in [0, 0.05) is 0 Å². The molecule has 0 unspecified atom stereocenters. The van der Waals surface area contributed by atoms with Crippen molar-refractivity contribution < 1.29 is 5.11 Å². The van der Waals surface area contributed by atoms with Crippen molar-refractivity contribution in [1.82, 2.24) is 0 Å². The topological polar surface area (TPSA) is 20.2 Å². The zero-order valence-corrected chi connectivity index (χ0v) is 25.5. The SMILES string of the molecule is O/C=C\C([Si](c1ccccc1)(c1ccccc1)c1ccccc1)[Si](c1ccccc1)(c1ccccc1)c1ccccc1. The molecule has 0 fully saturated rings. The van der Waals surface area contributed by atoms with E-state index in [4.69, 9.17) is 0 Å². The van der Waals surface area contributed by atoms with Gasteiger partial charge in [-0.25, -0.2) is 0 Å². The zero-order chi connectivity index (χ0) is 28.7. The number of benzene rings is 6. The molecular formula is C39H34OSi2. The van der Waals surface area contributed by atoms with Crippen molar-refractivity contribution in [3.8, 4) is 0 Å². The fourth-order valence-electron chi connectivity index (χ4n) is 6.98. The first-order valence-electron chi connectivity index (χ1n) is 14.5. The highest BCUT2D eigenvalue weighted by atomic mass is 28.4. The highest BCUT2D eigenvalue weighted by molar-refractivity contribution is 7.27. The number of hydrogen-bond acceptors (Lipinski definition) is 1. The van der Waals surface area contributed by atoms with Crippen LogP contribution >= 0.6 is 0 Å². The van der Waals surface area contributed by atoms with Crippen LogP contribution < -0.4 is 31.1 Å². The first kappa shape index (κ1) is 27.5. The summed E-state index contributed by atoms with van der Waals surface area (Å²) in [4.78, 5) is 0. The summed E-state index contributed by atoms with van der Waals surface area (Å²) in [5, 5.41) is 18.8. The predicted molar refractivity (Wildman–Crippen MR) is 183 cm³/mol. The van der Waals surface area contributed by atoms with Crippen LogP contribution in [0.25, 0.3) is 0 Å². The van der Waals surface area contributed by atoms with Crippen molar-refractivity contribution in [3.63, 3.8) is 0 Å². The Morgan fingerprint density at radius 3 is 0.690 bits per heavy atom. The molecule has 42 heavy (non-hydrogen) atoms. The fraction of sp³-hybridized carbons (Fsp3) is 0.0256. The van der Waals surface area contributed by atoms with Crippen LogP contribution in [-0.2, 0) is 0 Å². The molecule has 0 saturated carbocycles.